The Morgan fingerprint density at radius 2 is 1.80 bits per heavy atom. The third kappa shape index (κ3) is 6.10. The molecule has 0 saturated heterocycles. The van der Waals surface area contributed by atoms with Crippen molar-refractivity contribution in [3.8, 4) is 0 Å². The molecule has 0 spiro atoms. The lowest BCUT2D eigenvalue weighted by atomic mass is 10.1. The quantitative estimate of drug-likeness (QED) is 0.441. The van der Waals surface area contributed by atoms with Gasteiger partial charge in [0.1, 0.15) is 0 Å². The average Bonchev–Trinajstić information content (AvgIpc) is 2.65. The SMILES string of the molecule is CCc1ccccc1CNC(=NC)NCCCCn1ccccc1=O. The lowest BCUT2D eigenvalue weighted by Gasteiger charge is -2.14. The van der Waals surface area contributed by atoms with Crippen LogP contribution in [0, 0.1) is 0 Å². The van der Waals surface area contributed by atoms with Gasteiger partial charge in [0.2, 0.25) is 5.56 Å². The Bertz CT molecular complexity index is 736. The number of unbranched alkanes of at least 4 members (excludes halogenated alkanes) is 1. The molecule has 25 heavy (non-hydrogen) atoms. The number of guanidine groups is 1. The van der Waals surface area contributed by atoms with E-state index in [1.54, 1.807) is 23.7 Å². The monoisotopic (exact) mass is 340 g/mol. The van der Waals surface area contributed by atoms with Gasteiger partial charge in [-0.15, -0.1) is 0 Å². The highest BCUT2D eigenvalue weighted by Gasteiger charge is 2.02. The molecule has 0 fully saturated rings. The Morgan fingerprint density at radius 3 is 2.52 bits per heavy atom. The lowest BCUT2D eigenvalue weighted by Crippen LogP contribution is -2.37. The fraction of sp³-hybridized carbons (Fsp3) is 0.400. The van der Waals surface area contributed by atoms with E-state index in [4.69, 9.17) is 0 Å². The Balaban J connectivity index is 1.70. The van der Waals surface area contributed by atoms with Crippen LogP contribution in [-0.4, -0.2) is 24.1 Å². The van der Waals surface area contributed by atoms with Crippen LogP contribution in [-0.2, 0) is 19.5 Å². The molecule has 0 saturated carbocycles. The molecular formula is C20H28N4O. The molecule has 2 N–H and O–H groups in total. The fourth-order valence-corrected chi connectivity index (χ4v) is 2.73. The topological polar surface area (TPSA) is 58.4 Å². The Hall–Kier alpha value is -2.56. The van der Waals surface area contributed by atoms with Gasteiger partial charge in [0, 0.05) is 38.9 Å². The number of nitrogens with one attached hydrogen (secondary N) is 2. The van der Waals surface area contributed by atoms with E-state index >= 15 is 0 Å². The van der Waals surface area contributed by atoms with Crippen molar-refractivity contribution in [1.82, 2.24) is 15.2 Å². The molecule has 2 aromatic rings. The summed E-state index contributed by atoms with van der Waals surface area (Å²) >= 11 is 0. The number of aliphatic imine (C=N–C) groups is 1. The summed E-state index contributed by atoms with van der Waals surface area (Å²) in [5, 5.41) is 6.69. The normalized spacial score (nSPS) is 11.4. The molecule has 0 bridgehead atoms. The maximum atomic E-state index is 11.6. The van der Waals surface area contributed by atoms with E-state index in [0.717, 1.165) is 44.9 Å². The highest BCUT2D eigenvalue weighted by molar-refractivity contribution is 5.79. The fourth-order valence-electron chi connectivity index (χ4n) is 2.73. The van der Waals surface area contributed by atoms with Gasteiger partial charge in [0.15, 0.2) is 5.96 Å². The van der Waals surface area contributed by atoms with Crippen molar-refractivity contribution in [2.24, 2.45) is 4.99 Å². The Labute approximate surface area is 149 Å². The number of hydrogen-bond acceptors (Lipinski definition) is 2. The lowest BCUT2D eigenvalue weighted by molar-refractivity contribution is 0.585. The van der Waals surface area contributed by atoms with Crippen LogP contribution in [0.15, 0.2) is 58.4 Å². The number of benzene rings is 1. The summed E-state index contributed by atoms with van der Waals surface area (Å²) in [4.78, 5) is 15.9. The summed E-state index contributed by atoms with van der Waals surface area (Å²) in [6, 6.07) is 13.7. The molecule has 5 heteroatoms. The van der Waals surface area contributed by atoms with Crippen LogP contribution in [0.4, 0.5) is 0 Å². The van der Waals surface area contributed by atoms with Crippen LogP contribution in [0.5, 0.6) is 0 Å². The summed E-state index contributed by atoms with van der Waals surface area (Å²) in [5.41, 5.74) is 2.72. The largest absolute Gasteiger partial charge is 0.356 e. The number of pyridine rings is 1. The van der Waals surface area contributed by atoms with Gasteiger partial charge in [-0.05, 0) is 36.5 Å². The van der Waals surface area contributed by atoms with Gasteiger partial charge in [0.25, 0.3) is 0 Å². The molecule has 0 aliphatic heterocycles. The number of rotatable bonds is 8. The van der Waals surface area contributed by atoms with Crippen LogP contribution < -0.4 is 16.2 Å². The van der Waals surface area contributed by atoms with Crippen LogP contribution in [0.1, 0.15) is 30.9 Å². The third-order valence-corrected chi connectivity index (χ3v) is 4.19. The minimum absolute atomic E-state index is 0.0579. The van der Waals surface area contributed by atoms with E-state index in [2.05, 4.69) is 46.8 Å². The summed E-state index contributed by atoms with van der Waals surface area (Å²) in [7, 11) is 1.78. The molecule has 134 valence electrons. The Kier molecular flexibility index (Phi) is 7.76. The van der Waals surface area contributed by atoms with E-state index in [0.29, 0.717) is 0 Å². The van der Waals surface area contributed by atoms with Crippen LogP contribution in [0.3, 0.4) is 0 Å². The maximum Gasteiger partial charge on any atom is 0.250 e. The van der Waals surface area contributed by atoms with Gasteiger partial charge in [0.05, 0.1) is 0 Å². The van der Waals surface area contributed by atoms with Gasteiger partial charge in [-0.1, -0.05) is 37.3 Å². The highest BCUT2D eigenvalue weighted by Crippen LogP contribution is 2.08. The predicted octanol–water partition coefficient (Wildman–Crippen LogP) is 2.56. The molecule has 0 atom stereocenters. The molecule has 0 amide bonds. The standard InChI is InChI=1S/C20H28N4O/c1-3-17-10-4-5-11-18(17)16-23-20(21-2)22-13-7-9-15-24-14-8-6-12-19(24)25/h4-6,8,10-12,14H,3,7,9,13,15-16H2,1-2H3,(H2,21,22,23). The highest BCUT2D eigenvalue weighted by atomic mass is 16.1. The molecule has 0 aliphatic rings. The molecule has 1 aromatic heterocycles. The molecule has 0 radical (unpaired) electrons. The molecule has 1 aromatic carbocycles. The zero-order valence-electron chi connectivity index (χ0n) is 15.2. The first-order valence-electron chi connectivity index (χ1n) is 8.91. The summed E-state index contributed by atoms with van der Waals surface area (Å²) < 4.78 is 1.74. The van der Waals surface area contributed by atoms with Crippen molar-refractivity contribution in [1.29, 1.82) is 0 Å². The van der Waals surface area contributed by atoms with Gasteiger partial charge in [-0.25, -0.2) is 0 Å². The van der Waals surface area contributed by atoms with E-state index < -0.39 is 0 Å². The number of aromatic nitrogens is 1. The molecule has 1 heterocycles. The van der Waals surface area contributed by atoms with Crippen molar-refractivity contribution >= 4 is 5.96 Å². The van der Waals surface area contributed by atoms with Crippen molar-refractivity contribution in [3.05, 3.63) is 70.1 Å². The van der Waals surface area contributed by atoms with Gasteiger partial charge in [-0.3, -0.25) is 9.79 Å². The second-order valence-corrected chi connectivity index (χ2v) is 5.91. The molecular weight excluding hydrogens is 312 g/mol. The summed E-state index contributed by atoms with van der Waals surface area (Å²) in [5.74, 6) is 0.808. The summed E-state index contributed by atoms with van der Waals surface area (Å²) in [6.07, 6.45) is 4.80. The van der Waals surface area contributed by atoms with E-state index in [-0.39, 0.29) is 5.56 Å². The number of hydrogen-bond donors (Lipinski definition) is 2. The van der Waals surface area contributed by atoms with E-state index in [1.165, 1.54) is 11.1 Å². The minimum atomic E-state index is 0.0579. The second-order valence-electron chi connectivity index (χ2n) is 5.91. The first-order chi connectivity index (χ1) is 12.2. The van der Waals surface area contributed by atoms with Gasteiger partial charge < -0.3 is 15.2 Å². The van der Waals surface area contributed by atoms with Gasteiger partial charge in [-0.2, -0.15) is 0 Å². The molecule has 5 nitrogen and oxygen atoms in total. The zero-order valence-corrected chi connectivity index (χ0v) is 15.2. The maximum absolute atomic E-state index is 11.6. The predicted molar refractivity (Wildman–Crippen MR) is 104 cm³/mol. The first kappa shape index (κ1) is 18.8. The minimum Gasteiger partial charge on any atom is -0.356 e. The van der Waals surface area contributed by atoms with Crippen molar-refractivity contribution < 1.29 is 0 Å². The smallest absolute Gasteiger partial charge is 0.250 e. The van der Waals surface area contributed by atoms with Crippen LogP contribution in [0.2, 0.25) is 0 Å². The second kappa shape index (κ2) is 10.3. The van der Waals surface area contributed by atoms with Crippen LogP contribution in [0.25, 0.3) is 0 Å². The number of nitrogens with zero attached hydrogens (tertiary/aromatic N) is 2. The van der Waals surface area contributed by atoms with Crippen molar-refractivity contribution in [2.45, 2.75) is 39.3 Å². The molecule has 0 unspecified atom stereocenters. The van der Waals surface area contributed by atoms with E-state index in [1.807, 2.05) is 12.3 Å². The number of aryl methyl sites for hydroxylation is 2. The molecule has 0 aliphatic carbocycles. The average molecular weight is 340 g/mol. The Morgan fingerprint density at radius 1 is 1.04 bits per heavy atom. The molecule has 2 rings (SSSR count). The first-order valence-corrected chi connectivity index (χ1v) is 8.91. The third-order valence-electron chi connectivity index (χ3n) is 4.19. The zero-order chi connectivity index (χ0) is 17.9. The summed E-state index contributed by atoms with van der Waals surface area (Å²) in [6.45, 7) is 4.51. The van der Waals surface area contributed by atoms with E-state index in [9.17, 15) is 4.79 Å². The van der Waals surface area contributed by atoms with Gasteiger partial charge >= 0.3 is 0 Å². The van der Waals surface area contributed by atoms with Crippen molar-refractivity contribution in [2.75, 3.05) is 13.6 Å². The van der Waals surface area contributed by atoms with Crippen LogP contribution >= 0.6 is 0 Å². The van der Waals surface area contributed by atoms with Crippen molar-refractivity contribution in [3.63, 3.8) is 0 Å².